The minimum Gasteiger partial charge on any atom is -0.474 e. The number of carbonyl (C=O) groups is 2. The molecule has 0 radical (unpaired) electrons. The van der Waals surface area contributed by atoms with Crippen molar-refractivity contribution in [3.63, 3.8) is 0 Å². The molecule has 0 unspecified atom stereocenters. The molecule has 0 aliphatic heterocycles. The van der Waals surface area contributed by atoms with E-state index in [1.807, 2.05) is 17.5 Å². The van der Waals surface area contributed by atoms with E-state index in [0.717, 1.165) is 4.88 Å². The first-order valence-corrected chi connectivity index (χ1v) is 5.46. The molecule has 0 aliphatic carbocycles. The highest BCUT2D eigenvalue weighted by atomic mass is 32.1. The van der Waals surface area contributed by atoms with E-state index in [-0.39, 0.29) is 6.04 Å². The maximum Gasteiger partial charge on any atom is 0.394 e. The van der Waals surface area contributed by atoms with E-state index in [0.29, 0.717) is 6.54 Å². The second-order valence-corrected chi connectivity index (χ2v) is 4.44. The number of aliphatic carboxylic acids is 1. The Morgan fingerprint density at radius 3 is 2.60 bits per heavy atom. The van der Waals surface area contributed by atoms with Gasteiger partial charge in [-0.25, -0.2) is 4.79 Å². The van der Waals surface area contributed by atoms with Crippen molar-refractivity contribution in [2.24, 2.45) is 0 Å². The number of hydrogen-bond donors (Lipinski definition) is 1. The van der Waals surface area contributed by atoms with E-state index < -0.39 is 11.9 Å². The molecule has 1 aromatic rings. The van der Waals surface area contributed by atoms with Crippen molar-refractivity contribution in [2.75, 3.05) is 0 Å². The molecule has 0 spiro atoms. The van der Waals surface area contributed by atoms with Crippen molar-refractivity contribution in [1.29, 1.82) is 0 Å². The lowest BCUT2D eigenvalue weighted by molar-refractivity contribution is -0.157. The molecule has 0 fully saturated rings. The quantitative estimate of drug-likeness (QED) is 0.797. The second kappa shape index (κ2) is 4.93. The van der Waals surface area contributed by atoms with Crippen molar-refractivity contribution >= 4 is 23.2 Å². The lowest BCUT2D eigenvalue weighted by atomic mass is 10.3. The predicted octanol–water partition coefficient (Wildman–Crippen LogP) is 1.57. The second-order valence-electron chi connectivity index (χ2n) is 3.41. The van der Waals surface area contributed by atoms with Crippen LogP contribution in [0.3, 0.4) is 0 Å². The molecule has 0 aromatic carbocycles. The van der Waals surface area contributed by atoms with Crippen LogP contribution < -0.4 is 0 Å². The van der Waals surface area contributed by atoms with E-state index in [4.69, 9.17) is 5.11 Å². The Hall–Kier alpha value is -1.36. The molecule has 1 heterocycles. The van der Waals surface area contributed by atoms with Gasteiger partial charge < -0.3 is 10.0 Å². The lowest BCUT2D eigenvalue weighted by Gasteiger charge is -2.24. The summed E-state index contributed by atoms with van der Waals surface area (Å²) in [5, 5.41) is 10.5. The van der Waals surface area contributed by atoms with Crippen LogP contribution in [0.4, 0.5) is 0 Å². The van der Waals surface area contributed by atoms with Crippen LogP contribution >= 0.6 is 11.3 Å². The van der Waals surface area contributed by atoms with Gasteiger partial charge in [0.15, 0.2) is 0 Å². The number of carboxylic acids is 1. The first-order chi connectivity index (χ1) is 7.02. The number of nitrogens with zero attached hydrogens (tertiary/aromatic N) is 1. The van der Waals surface area contributed by atoms with Crippen molar-refractivity contribution in [3.8, 4) is 0 Å². The highest BCUT2D eigenvalue weighted by molar-refractivity contribution is 7.09. The van der Waals surface area contributed by atoms with Gasteiger partial charge in [-0.2, -0.15) is 0 Å². The zero-order chi connectivity index (χ0) is 11.4. The van der Waals surface area contributed by atoms with Crippen LogP contribution in [0.1, 0.15) is 18.7 Å². The Bertz CT molecular complexity index is 346. The molecule has 0 saturated heterocycles. The summed E-state index contributed by atoms with van der Waals surface area (Å²) in [5.74, 6) is -2.25. The third kappa shape index (κ3) is 3.06. The zero-order valence-electron chi connectivity index (χ0n) is 8.64. The average molecular weight is 227 g/mol. The summed E-state index contributed by atoms with van der Waals surface area (Å²) < 4.78 is 0. The molecule has 0 saturated carbocycles. The fourth-order valence-corrected chi connectivity index (χ4v) is 1.88. The minimum absolute atomic E-state index is 0.115. The van der Waals surface area contributed by atoms with Crippen LogP contribution in [-0.2, 0) is 16.1 Å². The van der Waals surface area contributed by atoms with Crippen LogP contribution in [0.25, 0.3) is 0 Å². The summed E-state index contributed by atoms with van der Waals surface area (Å²) in [7, 11) is 0. The summed E-state index contributed by atoms with van der Waals surface area (Å²) in [6, 6.07) is 3.65. The van der Waals surface area contributed by atoms with E-state index in [1.54, 1.807) is 13.8 Å². The molecular weight excluding hydrogens is 214 g/mol. The van der Waals surface area contributed by atoms with E-state index in [2.05, 4.69) is 0 Å². The van der Waals surface area contributed by atoms with Gasteiger partial charge >= 0.3 is 11.9 Å². The highest BCUT2D eigenvalue weighted by Crippen LogP contribution is 2.14. The Balaban J connectivity index is 2.75. The zero-order valence-corrected chi connectivity index (χ0v) is 9.45. The highest BCUT2D eigenvalue weighted by Gasteiger charge is 2.23. The van der Waals surface area contributed by atoms with Crippen molar-refractivity contribution in [2.45, 2.75) is 26.4 Å². The number of hydrogen-bond acceptors (Lipinski definition) is 3. The molecule has 1 aromatic heterocycles. The number of carboxylic acid groups (broad SMARTS) is 1. The molecule has 0 atom stereocenters. The van der Waals surface area contributed by atoms with E-state index >= 15 is 0 Å². The molecule has 0 bridgehead atoms. The summed E-state index contributed by atoms with van der Waals surface area (Å²) in [6.45, 7) is 3.96. The Labute approximate surface area is 92.1 Å². The third-order valence-corrected chi connectivity index (χ3v) is 2.83. The molecule has 1 amide bonds. The summed E-state index contributed by atoms with van der Waals surface area (Å²) in [5.41, 5.74) is 0. The number of amides is 1. The number of thiophene rings is 1. The average Bonchev–Trinajstić information content (AvgIpc) is 2.64. The van der Waals surface area contributed by atoms with Gasteiger partial charge in [-0.3, -0.25) is 4.79 Å². The standard InChI is InChI=1S/C10H13NO3S/c1-7(2)11(9(12)10(13)14)6-8-4-3-5-15-8/h3-5,7H,6H2,1-2H3,(H,13,14). The fourth-order valence-electron chi connectivity index (χ4n) is 1.18. The molecule has 15 heavy (non-hydrogen) atoms. The molecule has 82 valence electrons. The summed E-state index contributed by atoms with van der Waals surface area (Å²) in [6.07, 6.45) is 0. The van der Waals surface area contributed by atoms with E-state index in [1.165, 1.54) is 16.2 Å². The van der Waals surface area contributed by atoms with E-state index in [9.17, 15) is 9.59 Å². The van der Waals surface area contributed by atoms with Gasteiger partial charge in [-0.15, -0.1) is 11.3 Å². The van der Waals surface area contributed by atoms with Crippen molar-refractivity contribution < 1.29 is 14.7 Å². The molecule has 5 heteroatoms. The van der Waals surface area contributed by atoms with Crippen LogP contribution in [0, 0.1) is 0 Å². The SMILES string of the molecule is CC(C)N(Cc1cccs1)C(=O)C(=O)O. The number of rotatable bonds is 3. The van der Waals surface area contributed by atoms with Gasteiger partial charge in [0.1, 0.15) is 0 Å². The van der Waals surface area contributed by atoms with Gasteiger partial charge in [0, 0.05) is 10.9 Å². The monoisotopic (exact) mass is 227 g/mol. The van der Waals surface area contributed by atoms with Crippen LogP contribution in [0.15, 0.2) is 17.5 Å². The third-order valence-electron chi connectivity index (χ3n) is 1.97. The van der Waals surface area contributed by atoms with Crippen LogP contribution in [0.5, 0.6) is 0 Å². The Morgan fingerprint density at radius 2 is 2.20 bits per heavy atom. The largest absolute Gasteiger partial charge is 0.474 e. The Morgan fingerprint density at radius 1 is 1.53 bits per heavy atom. The number of carbonyl (C=O) groups excluding carboxylic acids is 1. The smallest absolute Gasteiger partial charge is 0.394 e. The molecular formula is C10H13NO3S. The first-order valence-electron chi connectivity index (χ1n) is 4.58. The predicted molar refractivity (Wildman–Crippen MR) is 57.6 cm³/mol. The Kier molecular flexibility index (Phi) is 3.85. The van der Waals surface area contributed by atoms with Gasteiger partial charge in [0.25, 0.3) is 0 Å². The van der Waals surface area contributed by atoms with Gasteiger partial charge in [-0.1, -0.05) is 6.07 Å². The van der Waals surface area contributed by atoms with Crippen LogP contribution in [-0.4, -0.2) is 27.9 Å². The molecule has 1 N–H and O–H groups in total. The maximum atomic E-state index is 11.3. The van der Waals surface area contributed by atoms with Gasteiger partial charge in [0.05, 0.1) is 6.54 Å². The van der Waals surface area contributed by atoms with Gasteiger partial charge in [0.2, 0.25) is 0 Å². The lowest BCUT2D eigenvalue weighted by Crippen LogP contribution is -2.40. The van der Waals surface area contributed by atoms with Gasteiger partial charge in [-0.05, 0) is 25.3 Å². The minimum atomic E-state index is -1.40. The van der Waals surface area contributed by atoms with Crippen molar-refractivity contribution in [3.05, 3.63) is 22.4 Å². The van der Waals surface area contributed by atoms with Crippen LogP contribution in [0.2, 0.25) is 0 Å². The summed E-state index contributed by atoms with van der Waals surface area (Å²) in [4.78, 5) is 24.3. The summed E-state index contributed by atoms with van der Waals surface area (Å²) >= 11 is 1.51. The molecule has 0 aliphatic rings. The maximum absolute atomic E-state index is 11.3. The fraction of sp³-hybridized carbons (Fsp3) is 0.400. The van der Waals surface area contributed by atoms with Crippen molar-refractivity contribution in [1.82, 2.24) is 4.90 Å². The first kappa shape index (κ1) is 11.7. The molecule has 4 nitrogen and oxygen atoms in total. The normalized spacial score (nSPS) is 10.3. The topological polar surface area (TPSA) is 57.6 Å². The molecule has 1 rings (SSSR count).